The van der Waals surface area contributed by atoms with E-state index >= 15 is 0 Å². The fourth-order valence-electron chi connectivity index (χ4n) is 2.42. The summed E-state index contributed by atoms with van der Waals surface area (Å²) in [4.78, 5) is 24.0. The number of carbonyl (C=O) groups is 2. The molecule has 0 spiro atoms. The lowest BCUT2D eigenvalue weighted by Crippen LogP contribution is -2.22. The Balaban J connectivity index is 1.69. The van der Waals surface area contributed by atoms with E-state index in [1.807, 2.05) is 0 Å². The molecular weight excluding hydrogens is 431 g/mol. The molecule has 1 N–H and O–H groups in total. The maximum Gasteiger partial charge on any atom is 0.375 e. The average Bonchev–Trinajstić information content (AvgIpc) is 2.92. The quantitative estimate of drug-likeness (QED) is 0.594. The second kappa shape index (κ2) is 7.43. The summed E-state index contributed by atoms with van der Waals surface area (Å²) in [5.41, 5.74) is 0.373. The summed E-state index contributed by atoms with van der Waals surface area (Å²) in [6.07, 6.45) is 0. The molecule has 0 fully saturated rings. The van der Waals surface area contributed by atoms with Crippen LogP contribution in [0.5, 0.6) is 0 Å². The molecule has 0 saturated heterocycles. The molecule has 0 unspecified atom stereocenters. The summed E-state index contributed by atoms with van der Waals surface area (Å²) in [5, 5.41) is 2.58. The minimum Gasteiger partial charge on any atom is -0.450 e. The van der Waals surface area contributed by atoms with E-state index < -0.39 is 35.9 Å². The third-order valence-corrected chi connectivity index (χ3v) is 4.31. The molecule has 3 aromatic rings. The number of benzene rings is 2. The Bertz CT molecular complexity index is 1040. The number of anilines is 1. The van der Waals surface area contributed by atoms with Crippen LogP contribution in [0.2, 0.25) is 0 Å². The fraction of sp³-hybridized carbons (Fsp3) is 0.111. The topological polar surface area (TPSA) is 68.5 Å². The number of carbonyl (C=O) groups excluding carboxylic acids is 2. The van der Waals surface area contributed by atoms with Gasteiger partial charge in [0.1, 0.15) is 17.2 Å². The van der Waals surface area contributed by atoms with E-state index in [0.717, 1.165) is 6.07 Å². The van der Waals surface area contributed by atoms with Gasteiger partial charge in [-0.2, -0.15) is 0 Å². The number of fused-ring (bicyclic) bond motifs is 1. The van der Waals surface area contributed by atoms with Crippen molar-refractivity contribution in [2.45, 2.75) is 6.92 Å². The highest BCUT2D eigenvalue weighted by atomic mass is 79.9. The van der Waals surface area contributed by atoms with Crippen LogP contribution in [-0.4, -0.2) is 18.5 Å². The molecule has 3 rings (SSSR count). The molecule has 9 heteroatoms. The number of nitrogens with one attached hydrogen (secondary N) is 1. The number of halogens is 4. The second-order valence-corrected chi connectivity index (χ2v) is 6.42. The monoisotopic (exact) mass is 441 g/mol. The highest BCUT2D eigenvalue weighted by Gasteiger charge is 2.21. The number of hydrogen-bond donors (Lipinski definition) is 1. The molecule has 0 aliphatic carbocycles. The van der Waals surface area contributed by atoms with Crippen molar-refractivity contribution in [1.29, 1.82) is 0 Å². The Hall–Kier alpha value is -2.81. The van der Waals surface area contributed by atoms with Crippen molar-refractivity contribution in [2.75, 3.05) is 11.9 Å². The van der Waals surface area contributed by atoms with E-state index in [2.05, 4.69) is 21.2 Å². The molecule has 0 saturated carbocycles. The number of hydrogen-bond acceptors (Lipinski definition) is 4. The van der Waals surface area contributed by atoms with Gasteiger partial charge in [0.15, 0.2) is 12.4 Å². The second-order valence-electron chi connectivity index (χ2n) is 5.57. The van der Waals surface area contributed by atoms with Crippen LogP contribution in [0.1, 0.15) is 16.1 Å². The highest BCUT2D eigenvalue weighted by molar-refractivity contribution is 9.10. The Morgan fingerprint density at radius 3 is 2.59 bits per heavy atom. The van der Waals surface area contributed by atoms with Crippen LogP contribution < -0.4 is 5.32 Å². The minimum atomic E-state index is -0.989. The Labute approximate surface area is 159 Å². The van der Waals surface area contributed by atoms with E-state index in [1.54, 1.807) is 6.92 Å². The van der Waals surface area contributed by atoms with E-state index in [-0.39, 0.29) is 15.9 Å². The maximum absolute atomic E-state index is 13.7. The van der Waals surface area contributed by atoms with Crippen LogP contribution in [0.15, 0.2) is 39.2 Å². The highest BCUT2D eigenvalue weighted by Crippen LogP contribution is 2.28. The van der Waals surface area contributed by atoms with Crippen LogP contribution in [0.25, 0.3) is 11.0 Å². The summed E-state index contributed by atoms with van der Waals surface area (Å²) in [6.45, 7) is 0.819. The zero-order chi connectivity index (χ0) is 19.7. The average molecular weight is 442 g/mol. The molecule has 1 aromatic heterocycles. The number of rotatable bonds is 4. The molecule has 0 aliphatic rings. The van der Waals surface area contributed by atoms with Crippen LogP contribution in [0.4, 0.5) is 18.9 Å². The van der Waals surface area contributed by atoms with Gasteiger partial charge in [-0.25, -0.2) is 18.0 Å². The van der Waals surface area contributed by atoms with E-state index in [1.165, 1.54) is 18.2 Å². The van der Waals surface area contributed by atoms with Crippen LogP contribution in [0.3, 0.4) is 0 Å². The lowest BCUT2D eigenvalue weighted by Gasteiger charge is -2.09. The third kappa shape index (κ3) is 3.97. The van der Waals surface area contributed by atoms with Crippen molar-refractivity contribution in [3.63, 3.8) is 0 Å². The number of esters is 1. The molecule has 1 heterocycles. The van der Waals surface area contributed by atoms with E-state index in [4.69, 9.17) is 9.15 Å². The predicted molar refractivity (Wildman–Crippen MR) is 93.9 cm³/mol. The molecule has 2 aromatic carbocycles. The lowest BCUT2D eigenvalue weighted by atomic mass is 10.1. The first kappa shape index (κ1) is 19.0. The van der Waals surface area contributed by atoms with Gasteiger partial charge in [0.2, 0.25) is 5.76 Å². The normalized spacial score (nSPS) is 10.9. The Morgan fingerprint density at radius 1 is 1.15 bits per heavy atom. The van der Waals surface area contributed by atoms with Gasteiger partial charge in [-0.3, -0.25) is 4.79 Å². The zero-order valence-corrected chi connectivity index (χ0v) is 15.3. The Kier molecular flexibility index (Phi) is 5.22. The maximum atomic E-state index is 13.7. The van der Waals surface area contributed by atoms with E-state index in [0.29, 0.717) is 22.6 Å². The molecule has 0 radical (unpaired) electrons. The van der Waals surface area contributed by atoms with Gasteiger partial charge in [0, 0.05) is 21.5 Å². The van der Waals surface area contributed by atoms with Gasteiger partial charge in [-0.05, 0) is 47.1 Å². The Morgan fingerprint density at radius 2 is 1.89 bits per heavy atom. The number of amides is 1. The van der Waals surface area contributed by atoms with Gasteiger partial charge in [0.25, 0.3) is 5.91 Å². The smallest absolute Gasteiger partial charge is 0.375 e. The van der Waals surface area contributed by atoms with Gasteiger partial charge in [-0.15, -0.1) is 0 Å². The number of aryl methyl sites for hydroxylation is 1. The first-order valence-electron chi connectivity index (χ1n) is 7.56. The first-order valence-corrected chi connectivity index (χ1v) is 8.35. The minimum absolute atomic E-state index is 0.00479. The SMILES string of the molecule is Cc1c(C(=O)OCC(=O)Nc2c(F)cc(F)cc2Br)oc2ccc(F)cc12. The van der Waals surface area contributed by atoms with Crippen molar-refractivity contribution < 1.29 is 31.9 Å². The van der Waals surface area contributed by atoms with Gasteiger partial charge < -0.3 is 14.5 Å². The molecule has 27 heavy (non-hydrogen) atoms. The van der Waals surface area contributed by atoms with E-state index in [9.17, 15) is 22.8 Å². The molecule has 0 bridgehead atoms. The van der Waals surface area contributed by atoms with Crippen LogP contribution in [0, 0.1) is 24.4 Å². The summed E-state index contributed by atoms with van der Waals surface area (Å²) < 4.78 is 50.2. The standard InChI is InChI=1S/C18H11BrF3NO4/c1-8-11-4-9(20)2-3-14(11)27-17(8)18(25)26-7-15(24)23-16-12(19)5-10(21)6-13(16)22/h2-6H,7H2,1H3,(H,23,24). The third-order valence-electron chi connectivity index (χ3n) is 3.69. The zero-order valence-electron chi connectivity index (χ0n) is 13.7. The molecule has 1 amide bonds. The lowest BCUT2D eigenvalue weighted by molar-refractivity contribution is -0.119. The van der Waals surface area contributed by atoms with Gasteiger partial charge in [0.05, 0.1) is 5.69 Å². The summed E-state index contributed by atoms with van der Waals surface area (Å²) >= 11 is 2.93. The van der Waals surface area contributed by atoms with Gasteiger partial charge >= 0.3 is 5.97 Å². The van der Waals surface area contributed by atoms with Crippen molar-refractivity contribution in [3.8, 4) is 0 Å². The molecule has 5 nitrogen and oxygen atoms in total. The largest absolute Gasteiger partial charge is 0.450 e. The molecular formula is C18H11BrF3NO4. The van der Waals surface area contributed by atoms with Crippen molar-refractivity contribution >= 4 is 44.5 Å². The summed E-state index contributed by atoms with van der Waals surface area (Å²) in [6, 6.07) is 5.34. The number of ether oxygens (including phenoxy) is 1. The fourth-order valence-corrected chi connectivity index (χ4v) is 2.93. The molecule has 0 aliphatic heterocycles. The van der Waals surface area contributed by atoms with Crippen molar-refractivity contribution in [1.82, 2.24) is 0 Å². The first-order chi connectivity index (χ1) is 12.8. The van der Waals surface area contributed by atoms with Crippen LogP contribution >= 0.6 is 15.9 Å². The van der Waals surface area contributed by atoms with Gasteiger partial charge in [-0.1, -0.05) is 0 Å². The van der Waals surface area contributed by atoms with Crippen molar-refractivity contribution in [2.24, 2.45) is 0 Å². The summed E-state index contributed by atoms with van der Waals surface area (Å²) in [7, 11) is 0. The molecule has 140 valence electrons. The van der Waals surface area contributed by atoms with Crippen LogP contribution in [-0.2, 0) is 9.53 Å². The predicted octanol–water partition coefficient (Wildman–Crippen LogP) is 4.72. The van der Waals surface area contributed by atoms with Crippen molar-refractivity contribution in [3.05, 3.63) is 63.6 Å². The summed E-state index contributed by atoms with van der Waals surface area (Å²) in [5.74, 6) is -4.24. The number of furan rings is 1. The molecule has 0 atom stereocenters.